The van der Waals surface area contributed by atoms with Gasteiger partial charge >= 0.3 is 11.9 Å². The molecular formula is C18H26N2O7S2. The molecule has 1 fully saturated rings. The number of thiophene rings is 1. The molecule has 0 aliphatic carbocycles. The van der Waals surface area contributed by atoms with Gasteiger partial charge in [-0.2, -0.15) is 4.31 Å². The van der Waals surface area contributed by atoms with Crippen molar-refractivity contribution in [2.45, 2.75) is 31.9 Å². The number of rotatable bonds is 4. The van der Waals surface area contributed by atoms with Crippen molar-refractivity contribution in [2.75, 3.05) is 40.4 Å². The van der Waals surface area contributed by atoms with Crippen LogP contribution >= 0.6 is 11.3 Å². The third-order valence-electron chi connectivity index (χ3n) is 4.62. The zero-order valence-corrected chi connectivity index (χ0v) is 19.0. The van der Waals surface area contributed by atoms with Crippen molar-refractivity contribution in [1.82, 2.24) is 9.21 Å². The summed E-state index contributed by atoms with van der Waals surface area (Å²) >= 11 is 0.689. The highest BCUT2D eigenvalue weighted by Crippen LogP contribution is 2.35. The van der Waals surface area contributed by atoms with Crippen LogP contribution in [0.2, 0.25) is 0 Å². The standard InChI is InChI=1S/C18H26N2O7S2/c1-11-12(14(21)26-5)16(28-13(11)15(22)27-6)29(24,25)20-9-7-19(8-10-20)17(23)18(2,3)4/h7-10H2,1-6H3. The minimum atomic E-state index is -4.07. The zero-order valence-electron chi connectivity index (χ0n) is 17.4. The smallest absolute Gasteiger partial charge is 0.348 e. The van der Waals surface area contributed by atoms with E-state index in [1.54, 1.807) is 4.90 Å². The molecule has 11 heteroatoms. The number of ether oxygens (including phenoxy) is 2. The highest BCUT2D eigenvalue weighted by Gasteiger charge is 2.38. The van der Waals surface area contributed by atoms with Gasteiger partial charge in [0.1, 0.15) is 4.88 Å². The molecule has 0 spiro atoms. The molecule has 0 radical (unpaired) electrons. The topological polar surface area (TPSA) is 110 Å². The second-order valence-corrected chi connectivity index (χ2v) is 10.8. The Bertz CT molecular complexity index is 921. The Kier molecular flexibility index (Phi) is 6.75. The molecule has 9 nitrogen and oxygen atoms in total. The summed E-state index contributed by atoms with van der Waals surface area (Å²) in [6.07, 6.45) is 0. The first-order valence-electron chi connectivity index (χ1n) is 8.95. The van der Waals surface area contributed by atoms with Crippen molar-refractivity contribution in [3.63, 3.8) is 0 Å². The molecule has 1 aromatic heterocycles. The molecule has 2 rings (SSSR count). The predicted octanol–water partition coefficient (Wildman–Crippen LogP) is 1.51. The molecule has 0 atom stereocenters. The van der Waals surface area contributed by atoms with Gasteiger partial charge in [0.05, 0.1) is 19.8 Å². The first-order valence-corrected chi connectivity index (χ1v) is 11.2. The fourth-order valence-electron chi connectivity index (χ4n) is 3.02. The van der Waals surface area contributed by atoms with E-state index in [-0.39, 0.29) is 52.3 Å². The maximum atomic E-state index is 13.3. The molecule has 0 unspecified atom stereocenters. The number of sulfonamides is 1. The van der Waals surface area contributed by atoms with Crippen molar-refractivity contribution < 1.29 is 32.3 Å². The van der Waals surface area contributed by atoms with Crippen molar-refractivity contribution in [3.8, 4) is 0 Å². The van der Waals surface area contributed by atoms with Crippen LogP contribution in [0.1, 0.15) is 46.4 Å². The second-order valence-electron chi connectivity index (χ2n) is 7.65. The molecule has 0 aromatic carbocycles. The summed E-state index contributed by atoms with van der Waals surface area (Å²) in [6.45, 7) is 7.59. The van der Waals surface area contributed by atoms with Crippen molar-refractivity contribution in [2.24, 2.45) is 5.41 Å². The van der Waals surface area contributed by atoms with Crippen LogP contribution in [0, 0.1) is 12.3 Å². The fourth-order valence-corrected chi connectivity index (χ4v) is 6.32. The van der Waals surface area contributed by atoms with Crippen LogP contribution in [-0.2, 0) is 24.3 Å². The summed E-state index contributed by atoms with van der Waals surface area (Å²) in [6, 6.07) is 0. The average molecular weight is 447 g/mol. The maximum absolute atomic E-state index is 13.3. The van der Waals surface area contributed by atoms with Gasteiger partial charge < -0.3 is 14.4 Å². The number of hydrogen-bond donors (Lipinski definition) is 0. The molecule has 0 bridgehead atoms. The van der Waals surface area contributed by atoms with Crippen LogP contribution in [0.15, 0.2) is 4.21 Å². The van der Waals surface area contributed by atoms with Crippen molar-refractivity contribution in [1.29, 1.82) is 0 Å². The van der Waals surface area contributed by atoms with Crippen molar-refractivity contribution >= 4 is 39.2 Å². The van der Waals surface area contributed by atoms with E-state index in [0.717, 1.165) is 7.11 Å². The van der Waals surface area contributed by atoms with Crippen LogP contribution in [-0.4, -0.2) is 75.9 Å². The Morgan fingerprint density at radius 1 is 0.966 bits per heavy atom. The monoisotopic (exact) mass is 446 g/mol. The van der Waals surface area contributed by atoms with Gasteiger partial charge in [-0.05, 0) is 12.5 Å². The summed E-state index contributed by atoms with van der Waals surface area (Å²) in [5.74, 6) is -1.61. The Morgan fingerprint density at radius 2 is 1.48 bits per heavy atom. The second kappa shape index (κ2) is 8.41. The SMILES string of the molecule is COC(=O)c1sc(S(=O)(=O)N2CCN(C(=O)C(C)(C)C)CC2)c(C(=O)OC)c1C. The number of amides is 1. The number of hydrogen-bond acceptors (Lipinski definition) is 8. The van der Waals surface area contributed by atoms with Crippen molar-refractivity contribution in [3.05, 3.63) is 16.0 Å². The van der Waals surface area contributed by atoms with E-state index < -0.39 is 27.4 Å². The zero-order chi connectivity index (χ0) is 22.1. The van der Waals surface area contributed by atoms with E-state index in [9.17, 15) is 22.8 Å². The first-order chi connectivity index (χ1) is 13.4. The largest absolute Gasteiger partial charge is 0.465 e. The fraction of sp³-hybridized carbons (Fsp3) is 0.611. The highest BCUT2D eigenvalue weighted by molar-refractivity contribution is 7.91. The quantitative estimate of drug-likeness (QED) is 0.645. The van der Waals surface area contributed by atoms with E-state index in [2.05, 4.69) is 0 Å². The average Bonchev–Trinajstić information content (AvgIpc) is 3.03. The predicted molar refractivity (Wildman–Crippen MR) is 107 cm³/mol. The number of piperazine rings is 1. The Hall–Kier alpha value is -1.98. The summed E-state index contributed by atoms with van der Waals surface area (Å²) in [5.41, 5.74) is -0.515. The van der Waals surface area contributed by atoms with Crippen LogP contribution < -0.4 is 0 Å². The van der Waals surface area contributed by atoms with Gasteiger partial charge in [0.15, 0.2) is 4.21 Å². The van der Waals surface area contributed by atoms with E-state index in [0.29, 0.717) is 11.3 Å². The Balaban J connectivity index is 2.38. The van der Waals surface area contributed by atoms with Crippen LogP contribution in [0.5, 0.6) is 0 Å². The van der Waals surface area contributed by atoms with E-state index in [1.807, 2.05) is 20.8 Å². The molecule has 1 aliphatic heterocycles. The summed E-state index contributed by atoms with van der Waals surface area (Å²) < 4.78 is 36.9. The van der Waals surface area contributed by atoms with Gasteiger partial charge in [0.2, 0.25) is 5.91 Å². The third kappa shape index (κ3) is 4.46. The molecule has 0 N–H and O–H groups in total. The molecule has 162 valence electrons. The Labute approximate surface area is 174 Å². The normalized spacial score (nSPS) is 15.9. The molecule has 1 aliphatic rings. The van der Waals surface area contributed by atoms with Gasteiger partial charge in [-0.1, -0.05) is 20.8 Å². The lowest BCUT2D eigenvalue weighted by molar-refractivity contribution is -0.140. The molecule has 2 heterocycles. The summed E-state index contributed by atoms with van der Waals surface area (Å²) in [5, 5.41) is 0. The first kappa shape index (κ1) is 23.3. The molecule has 1 aromatic rings. The maximum Gasteiger partial charge on any atom is 0.348 e. The third-order valence-corrected chi connectivity index (χ3v) is 8.28. The molecule has 29 heavy (non-hydrogen) atoms. The minimum absolute atomic E-state index is 0.0352. The van der Waals surface area contributed by atoms with Gasteiger partial charge in [0, 0.05) is 31.6 Å². The minimum Gasteiger partial charge on any atom is -0.465 e. The van der Waals surface area contributed by atoms with Gasteiger partial charge in [-0.15, -0.1) is 11.3 Å². The highest BCUT2D eigenvalue weighted by atomic mass is 32.2. The molecule has 1 saturated heterocycles. The van der Waals surface area contributed by atoms with E-state index >= 15 is 0 Å². The number of carbonyl (C=O) groups is 3. The van der Waals surface area contributed by atoms with Crippen LogP contribution in [0.25, 0.3) is 0 Å². The molecule has 0 saturated carbocycles. The number of methoxy groups -OCH3 is 2. The number of carbonyl (C=O) groups excluding carboxylic acids is 3. The lowest BCUT2D eigenvalue weighted by Crippen LogP contribution is -2.52. The van der Waals surface area contributed by atoms with Crippen LogP contribution in [0.3, 0.4) is 0 Å². The van der Waals surface area contributed by atoms with E-state index in [1.165, 1.54) is 18.3 Å². The number of esters is 2. The summed E-state index contributed by atoms with van der Waals surface area (Å²) in [4.78, 5) is 38.4. The number of nitrogens with zero attached hydrogens (tertiary/aromatic N) is 2. The molecule has 1 amide bonds. The van der Waals surface area contributed by atoms with Gasteiger partial charge in [-0.3, -0.25) is 4.79 Å². The van der Waals surface area contributed by atoms with Gasteiger partial charge in [-0.25, -0.2) is 18.0 Å². The van der Waals surface area contributed by atoms with Crippen LogP contribution in [0.4, 0.5) is 0 Å². The lowest BCUT2D eigenvalue weighted by atomic mass is 9.94. The molecular weight excluding hydrogens is 420 g/mol. The van der Waals surface area contributed by atoms with Gasteiger partial charge in [0.25, 0.3) is 10.0 Å². The van der Waals surface area contributed by atoms with E-state index in [4.69, 9.17) is 9.47 Å². The Morgan fingerprint density at radius 3 is 1.93 bits per heavy atom. The lowest BCUT2D eigenvalue weighted by Gasteiger charge is -2.36. The summed E-state index contributed by atoms with van der Waals surface area (Å²) in [7, 11) is -1.75.